The van der Waals surface area contributed by atoms with Crippen molar-refractivity contribution in [2.24, 2.45) is 0 Å². The van der Waals surface area contributed by atoms with Crippen LogP contribution in [0, 0.1) is 0 Å². The van der Waals surface area contributed by atoms with Gasteiger partial charge in [0, 0.05) is 29.4 Å². The largest absolute Gasteiger partial charge is 0.371 e. The second-order valence-corrected chi connectivity index (χ2v) is 6.01. The van der Waals surface area contributed by atoms with Gasteiger partial charge in [-0.25, -0.2) is 0 Å². The number of rotatable bonds is 8. The fourth-order valence-electron chi connectivity index (χ4n) is 2.15. The number of hydrogen-bond donors (Lipinski definition) is 0. The number of nitrogens with zero attached hydrogens (tertiary/aromatic N) is 1. The second kappa shape index (κ2) is 8.70. The summed E-state index contributed by atoms with van der Waals surface area (Å²) >= 11 is 1.94. The van der Waals surface area contributed by atoms with E-state index in [0.29, 0.717) is 0 Å². The highest BCUT2D eigenvalue weighted by Gasteiger charge is 2.05. The van der Waals surface area contributed by atoms with Gasteiger partial charge in [-0.1, -0.05) is 49.7 Å². The van der Waals surface area contributed by atoms with Crippen molar-refractivity contribution in [1.29, 1.82) is 0 Å². The molecule has 0 aliphatic rings. The molecule has 0 unspecified atom stereocenters. The SMILES string of the molecule is CCCCN(CCSc1ccccc1)c1ccccc1. The molecule has 20 heavy (non-hydrogen) atoms. The van der Waals surface area contributed by atoms with E-state index in [1.807, 2.05) is 11.8 Å². The molecule has 0 saturated carbocycles. The summed E-state index contributed by atoms with van der Waals surface area (Å²) in [6.45, 7) is 4.50. The number of benzene rings is 2. The molecule has 0 atom stereocenters. The van der Waals surface area contributed by atoms with Crippen LogP contribution in [0.25, 0.3) is 0 Å². The zero-order chi connectivity index (χ0) is 14.0. The maximum Gasteiger partial charge on any atom is 0.0366 e. The van der Waals surface area contributed by atoms with Crippen LogP contribution in [0.5, 0.6) is 0 Å². The summed E-state index contributed by atoms with van der Waals surface area (Å²) < 4.78 is 0. The van der Waals surface area contributed by atoms with Gasteiger partial charge in [0.15, 0.2) is 0 Å². The Balaban J connectivity index is 1.88. The third-order valence-corrected chi connectivity index (χ3v) is 4.27. The summed E-state index contributed by atoms with van der Waals surface area (Å²) in [7, 11) is 0. The molecule has 0 saturated heterocycles. The minimum atomic E-state index is 1.10. The first-order valence-electron chi connectivity index (χ1n) is 7.38. The Kier molecular flexibility index (Phi) is 6.52. The lowest BCUT2D eigenvalue weighted by Crippen LogP contribution is -2.26. The van der Waals surface area contributed by atoms with Crippen LogP contribution >= 0.6 is 11.8 Å². The van der Waals surface area contributed by atoms with Crippen molar-refractivity contribution in [2.45, 2.75) is 24.7 Å². The third-order valence-electron chi connectivity index (χ3n) is 3.28. The Bertz CT molecular complexity index is 469. The van der Waals surface area contributed by atoms with Gasteiger partial charge < -0.3 is 4.90 Å². The molecule has 0 N–H and O–H groups in total. The molecule has 1 nitrogen and oxygen atoms in total. The monoisotopic (exact) mass is 285 g/mol. The van der Waals surface area contributed by atoms with Gasteiger partial charge in [0.2, 0.25) is 0 Å². The van der Waals surface area contributed by atoms with E-state index < -0.39 is 0 Å². The summed E-state index contributed by atoms with van der Waals surface area (Å²) in [6, 6.07) is 21.4. The normalized spacial score (nSPS) is 10.4. The average molecular weight is 285 g/mol. The molecule has 0 aliphatic carbocycles. The molecule has 2 rings (SSSR count). The second-order valence-electron chi connectivity index (χ2n) is 4.84. The first-order valence-corrected chi connectivity index (χ1v) is 8.36. The predicted octanol–water partition coefficient (Wildman–Crippen LogP) is 5.09. The van der Waals surface area contributed by atoms with Crippen LogP contribution in [-0.4, -0.2) is 18.8 Å². The lowest BCUT2D eigenvalue weighted by atomic mass is 10.2. The highest BCUT2D eigenvalue weighted by molar-refractivity contribution is 7.99. The highest BCUT2D eigenvalue weighted by Crippen LogP contribution is 2.19. The molecular formula is C18H23NS. The molecule has 2 aromatic carbocycles. The van der Waals surface area contributed by atoms with Crippen molar-refractivity contribution < 1.29 is 0 Å². The lowest BCUT2D eigenvalue weighted by molar-refractivity contribution is 0.734. The predicted molar refractivity (Wildman–Crippen MR) is 90.7 cm³/mol. The van der Waals surface area contributed by atoms with Crippen LogP contribution in [0.1, 0.15) is 19.8 Å². The number of para-hydroxylation sites is 1. The molecule has 2 heteroatoms. The van der Waals surface area contributed by atoms with Crippen molar-refractivity contribution in [3.8, 4) is 0 Å². The van der Waals surface area contributed by atoms with E-state index in [9.17, 15) is 0 Å². The van der Waals surface area contributed by atoms with Gasteiger partial charge in [0.1, 0.15) is 0 Å². The van der Waals surface area contributed by atoms with Gasteiger partial charge in [-0.2, -0.15) is 0 Å². The molecule has 0 fully saturated rings. The van der Waals surface area contributed by atoms with E-state index in [0.717, 1.165) is 18.8 Å². The van der Waals surface area contributed by atoms with Crippen molar-refractivity contribution in [3.63, 3.8) is 0 Å². The minimum absolute atomic E-state index is 1.10. The molecule has 0 heterocycles. The Morgan fingerprint density at radius 3 is 2.15 bits per heavy atom. The Labute approximate surface area is 127 Å². The standard InChI is InChI=1S/C18H23NS/c1-2-3-14-19(17-10-6-4-7-11-17)15-16-20-18-12-8-5-9-13-18/h4-13H,2-3,14-16H2,1H3. The van der Waals surface area contributed by atoms with E-state index >= 15 is 0 Å². The van der Waals surface area contributed by atoms with Crippen LogP contribution in [0.2, 0.25) is 0 Å². The number of hydrogen-bond acceptors (Lipinski definition) is 2. The van der Waals surface area contributed by atoms with E-state index in [1.54, 1.807) is 0 Å². The van der Waals surface area contributed by atoms with Gasteiger partial charge in [0.05, 0.1) is 0 Å². The fourth-order valence-corrected chi connectivity index (χ4v) is 3.05. The Morgan fingerprint density at radius 2 is 1.50 bits per heavy atom. The maximum absolute atomic E-state index is 2.50. The minimum Gasteiger partial charge on any atom is -0.371 e. The average Bonchev–Trinajstić information content (AvgIpc) is 2.52. The van der Waals surface area contributed by atoms with Crippen LogP contribution in [0.3, 0.4) is 0 Å². The maximum atomic E-state index is 2.50. The van der Waals surface area contributed by atoms with E-state index in [1.165, 1.54) is 23.4 Å². The Morgan fingerprint density at radius 1 is 0.850 bits per heavy atom. The number of anilines is 1. The zero-order valence-electron chi connectivity index (χ0n) is 12.2. The molecular weight excluding hydrogens is 262 g/mol. The summed E-state index contributed by atoms with van der Waals surface area (Å²) in [6.07, 6.45) is 2.50. The van der Waals surface area contributed by atoms with Crippen LogP contribution in [0.15, 0.2) is 65.6 Å². The highest BCUT2D eigenvalue weighted by atomic mass is 32.2. The van der Waals surface area contributed by atoms with Crippen molar-refractivity contribution in [2.75, 3.05) is 23.7 Å². The summed E-state index contributed by atoms with van der Waals surface area (Å²) in [5, 5.41) is 0. The summed E-state index contributed by atoms with van der Waals surface area (Å²) in [4.78, 5) is 3.86. The first kappa shape index (κ1) is 15.0. The lowest BCUT2D eigenvalue weighted by Gasteiger charge is -2.24. The molecule has 0 aromatic heterocycles. The molecule has 0 radical (unpaired) electrons. The van der Waals surface area contributed by atoms with E-state index in [2.05, 4.69) is 72.5 Å². The van der Waals surface area contributed by atoms with Crippen LogP contribution in [-0.2, 0) is 0 Å². The molecule has 0 amide bonds. The number of thioether (sulfide) groups is 1. The zero-order valence-corrected chi connectivity index (χ0v) is 13.0. The fraction of sp³-hybridized carbons (Fsp3) is 0.333. The quantitative estimate of drug-likeness (QED) is 0.622. The topological polar surface area (TPSA) is 3.24 Å². The molecule has 0 spiro atoms. The number of unbranched alkanes of at least 4 members (excludes halogenated alkanes) is 1. The molecule has 106 valence electrons. The van der Waals surface area contributed by atoms with Gasteiger partial charge >= 0.3 is 0 Å². The Hall–Kier alpha value is -1.41. The first-order chi connectivity index (χ1) is 9.90. The van der Waals surface area contributed by atoms with Crippen LogP contribution < -0.4 is 4.90 Å². The third kappa shape index (κ3) is 4.93. The summed E-state index contributed by atoms with van der Waals surface area (Å²) in [5.74, 6) is 1.13. The van der Waals surface area contributed by atoms with E-state index in [-0.39, 0.29) is 0 Å². The summed E-state index contributed by atoms with van der Waals surface area (Å²) in [5.41, 5.74) is 1.34. The molecule has 0 bridgehead atoms. The van der Waals surface area contributed by atoms with E-state index in [4.69, 9.17) is 0 Å². The van der Waals surface area contributed by atoms with Gasteiger partial charge in [-0.15, -0.1) is 11.8 Å². The molecule has 2 aromatic rings. The van der Waals surface area contributed by atoms with Gasteiger partial charge in [-0.05, 0) is 30.7 Å². The smallest absolute Gasteiger partial charge is 0.0366 e. The van der Waals surface area contributed by atoms with Crippen molar-refractivity contribution >= 4 is 17.4 Å². The van der Waals surface area contributed by atoms with Crippen LogP contribution in [0.4, 0.5) is 5.69 Å². The van der Waals surface area contributed by atoms with Crippen molar-refractivity contribution in [1.82, 2.24) is 0 Å². The van der Waals surface area contributed by atoms with Crippen molar-refractivity contribution in [3.05, 3.63) is 60.7 Å². The molecule has 0 aliphatic heterocycles. The van der Waals surface area contributed by atoms with Gasteiger partial charge in [-0.3, -0.25) is 0 Å². The van der Waals surface area contributed by atoms with Gasteiger partial charge in [0.25, 0.3) is 0 Å².